The minimum Gasteiger partial charge on any atom is -0.496 e. The van der Waals surface area contributed by atoms with Crippen molar-refractivity contribution in [3.63, 3.8) is 0 Å². The van der Waals surface area contributed by atoms with Gasteiger partial charge in [0.25, 0.3) is 0 Å². The van der Waals surface area contributed by atoms with E-state index in [4.69, 9.17) is 38.0 Å². The third-order valence-corrected chi connectivity index (χ3v) is 9.09. The molecule has 4 aromatic rings. The van der Waals surface area contributed by atoms with Gasteiger partial charge in [0.15, 0.2) is 0 Å². The summed E-state index contributed by atoms with van der Waals surface area (Å²) < 4.78 is 41.8. The first-order valence-electron chi connectivity index (χ1n) is 18.5. The Morgan fingerprint density at radius 3 is 1.80 bits per heavy atom. The molecule has 4 aromatic carbocycles. The first-order chi connectivity index (χ1) is 26.0. The summed E-state index contributed by atoms with van der Waals surface area (Å²) in [6.45, 7) is 12.4. The number of nitrogens with zero attached hydrogens (tertiary/aromatic N) is 1. The zero-order valence-corrected chi connectivity index (χ0v) is 32.7. The van der Waals surface area contributed by atoms with E-state index in [0.29, 0.717) is 46.1 Å². The van der Waals surface area contributed by atoms with Gasteiger partial charge < -0.3 is 38.0 Å². The highest BCUT2D eigenvalue weighted by Crippen LogP contribution is 2.36. The second-order valence-electron chi connectivity index (χ2n) is 14.5. The van der Waals surface area contributed by atoms with Crippen molar-refractivity contribution in [1.82, 2.24) is 5.06 Å². The molecular weight excluding hydrogens is 686 g/mol. The lowest BCUT2D eigenvalue weighted by Gasteiger charge is -2.42. The molecule has 10 heteroatoms. The van der Waals surface area contributed by atoms with Crippen LogP contribution in [0.4, 0.5) is 4.79 Å². The van der Waals surface area contributed by atoms with Crippen molar-refractivity contribution < 1.29 is 42.8 Å². The van der Waals surface area contributed by atoms with E-state index in [1.54, 1.807) is 40.1 Å². The van der Waals surface area contributed by atoms with Gasteiger partial charge in [0.2, 0.25) is 0 Å². The number of hydroxylamine groups is 2. The van der Waals surface area contributed by atoms with Crippen molar-refractivity contribution in [3.05, 3.63) is 124 Å². The zero-order valence-electron chi connectivity index (χ0n) is 32.7. The summed E-state index contributed by atoms with van der Waals surface area (Å²) in [5, 5.41) is 1.59. The Morgan fingerprint density at radius 2 is 1.28 bits per heavy atom. The maximum absolute atomic E-state index is 12.9. The number of carbonyl (C=O) groups excluding carboxylic acids is 1. The molecular formula is C44H55NO9. The van der Waals surface area contributed by atoms with Crippen LogP contribution in [0.3, 0.4) is 0 Å². The van der Waals surface area contributed by atoms with E-state index in [9.17, 15) is 4.79 Å². The van der Waals surface area contributed by atoms with Crippen LogP contribution in [-0.4, -0.2) is 69.6 Å². The van der Waals surface area contributed by atoms with Gasteiger partial charge in [0.05, 0.1) is 72.6 Å². The van der Waals surface area contributed by atoms with Crippen LogP contribution in [0.25, 0.3) is 0 Å². The van der Waals surface area contributed by atoms with Gasteiger partial charge in [-0.05, 0) is 92.3 Å². The molecule has 54 heavy (non-hydrogen) atoms. The fraction of sp³-hybridized carbons (Fsp3) is 0.432. The van der Waals surface area contributed by atoms with Crippen LogP contribution in [0.1, 0.15) is 66.5 Å². The smallest absolute Gasteiger partial charge is 0.496 e. The minimum absolute atomic E-state index is 0.206. The van der Waals surface area contributed by atoms with Gasteiger partial charge in [0, 0.05) is 12.3 Å². The lowest BCUT2D eigenvalue weighted by molar-refractivity contribution is -0.209. The molecule has 3 atom stereocenters. The van der Waals surface area contributed by atoms with E-state index < -0.39 is 24.0 Å². The number of hydrogen-bond donors (Lipinski definition) is 0. The molecule has 0 aromatic heterocycles. The Morgan fingerprint density at radius 1 is 0.704 bits per heavy atom. The van der Waals surface area contributed by atoms with E-state index >= 15 is 0 Å². The zero-order chi connectivity index (χ0) is 38.5. The summed E-state index contributed by atoms with van der Waals surface area (Å²) in [6, 6.07) is 30.2. The summed E-state index contributed by atoms with van der Waals surface area (Å²) in [7, 11) is 3.32. The van der Waals surface area contributed by atoms with E-state index in [1.807, 2.05) is 68.4 Å². The van der Waals surface area contributed by atoms with Gasteiger partial charge in [-0.2, -0.15) is 0 Å². The Kier molecular flexibility index (Phi) is 14.8. The lowest BCUT2D eigenvalue weighted by Crippen LogP contribution is -2.53. The topological polar surface area (TPSA) is 94.2 Å². The van der Waals surface area contributed by atoms with E-state index in [1.165, 1.54) is 0 Å². The van der Waals surface area contributed by atoms with Gasteiger partial charge in [-0.1, -0.05) is 66.7 Å². The molecule has 1 saturated heterocycles. The highest BCUT2D eigenvalue weighted by molar-refractivity contribution is 5.60. The van der Waals surface area contributed by atoms with Crippen LogP contribution < -0.4 is 14.2 Å². The fourth-order valence-electron chi connectivity index (χ4n) is 6.50. The summed E-state index contributed by atoms with van der Waals surface area (Å²) in [4.78, 5) is 18.7. The van der Waals surface area contributed by atoms with Crippen LogP contribution in [0.15, 0.2) is 91.0 Å². The molecule has 290 valence electrons. The number of aryl methyl sites for hydroxylation is 2. The number of piperidine rings is 1. The van der Waals surface area contributed by atoms with Crippen LogP contribution in [-0.2, 0) is 43.6 Å². The summed E-state index contributed by atoms with van der Waals surface area (Å²) in [5.74, 6) is 2.19. The Hall–Kier alpha value is -4.61. The SMILES string of the molecule is COc1ccc(CO[C@H]2CN(OC(=O)OC(C)(C)C)C[C@@H](OCc3ccc(OC)c(C)c3)[C@H]2c2ccc(OCCCOCc3ccccc3)cc2)cc1C. The molecule has 0 amide bonds. The minimum atomic E-state index is -0.776. The van der Waals surface area contributed by atoms with Crippen molar-refractivity contribution in [2.24, 2.45) is 0 Å². The van der Waals surface area contributed by atoms with E-state index in [-0.39, 0.29) is 5.92 Å². The van der Waals surface area contributed by atoms with E-state index in [2.05, 4.69) is 36.4 Å². The largest absolute Gasteiger partial charge is 0.528 e. The van der Waals surface area contributed by atoms with Crippen molar-refractivity contribution in [3.8, 4) is 17.2 Å². The quantitative estimate of drug-likeness (QED) is 0.0773. The number of carbonyl (C=O) groups is 1. The Bertz CT molecular complexity index is 1690. The summed E-state index contributed by atoms with van der Waals surface area (Å²) in [6.07, 6.45) is -0.840. The Balaban J connectivity index is 1.34. The molecule has 0 aliphatic carbocycles. The third kappa shape index (κ3) is 12.2. The highest BCUT2D eigenvalue weighted by atomic mass is 16.8. The predicted molar refractivity (Wildman–Crippen MR) is 207 cm³/mol. The monoisotopic (exact) mass is 741 g/mol. The number of ether oxygens (including phenoxy) is 7. The van der Waals surface area contributed by atoms with Crippen LogP contribution >= 0.6 is 0 Å². The van der Waals surface area contributed by atoms with Gasteiger partial charge in [-0.25, -0.2) is 4.79 Å². The summed E-state index contributed by atoms with van der Waals surface area (Å²) in [5.41, 5.74) is 5.50. The molecule has 0 spiro atoms. The van der Waals surface area contributed by atoms with Crippen molar-refractivity contribution in [2.45, 2.75) is 84.6 Å². The van der Waals surface area contributed by atoms with E-state index in [0.717, 1.165) is 57.1 Å². The second-order valence-corrected chi connectivity index (χ2v) is 14.5. The highest BCUT2D eigenvalue weighted by Gasteiger charge is 2.41. The lowest BCUT2D eigenvalue weighted by atomic mass is 9.85. The maximum Gasteiger partial charge on any atom is 0.528 e. The molecule has 1 fully saturated rings. The molecule has 0 N–H and O–H groups in total. The number of methoxy groups -OCH3 is 2. The molecule has 5 rings (SSSR count). The molecule has 1 heterocycles. The van der Waals surface area contributed by atoms with Crippen molar-refractivity contribution >= 4 is 6.16 Å². The third-order valence-electron chi connectivity index (χ3n) is 9.09. The standard InChI is InChI=1S/C44H55NO9/c1-31-24-34(14-20-38(31)47-6)29-51-40-26-45(54-43(46)53-44(3,4)5)27-41(52-30-35-15-21-39(48-7)32(2)25-35)42(40)36-16-18-37(19-17-36)50-23-11-22-49-28-33-12-9-8-10-13-33/h8-10,12-21,24-25,40-42H,11,22-23,26-30H2,1-7H3/t40-,41+,42-. The van der Waals surface area contributed by atoms with Crippen molar-refractivity contribution in [2.75, 3.05) is 40.5 Å². The predicted octanol–water partition coefficient (Wildman–Crippen LogP) is 8.74. The molecule has 1 aliphatic heterocycles. The molecule has 0 radical (unpaired) electrons. The first kappa shape index (κ1) is 40.6. The van der Waals surface area contributed by atoms with Crippen LogP contribution in [0.5, 0.6) is 17.2 Å². The average Bonchev–Trinajstić information content (AvgIpc) is 3.14. The molecule has 10 nitrogen and oxygen atoms in total. The second kappa shape index (κ2) is 19.6. The molecule has 0 saturated carbocycles. The number of hydrogen-bond acceptors (Lipinski definition) is 10. The van der Waals surface area contributed by atoms with Gasteiger partial charge in [0.1, 0.15) is 22.8 Å². The van der Waals surface area contributed by atoms with Crippen molar-refractivity contribution in [1.29, 1.82) is 0 Å². The first-order valence-corrected chi connectivity index (χ1v) is 18.5. The van der Waals surface area contributed by atoms with Gasteiger partial charge >= 0.3 is 6.16 Å². The summed E-state index contributed by atoms with van der Waals surface area (Å²) >= 11 is 0. The molecule has 0 unspecified atom stereocenters. The number of rotatable bonds is 17. The maximum atomic E-state index is 12.9. The number of benzene rings is 4. The van der Waals surface area contributed by atoms with Gasteiger partial charge in [-0.3, -0.25) is 0 Å². The van der Waals surface area contributed by atoms with Gasteiger partial charge in [-0.15, -0.1) is 5.06 Å². The molecule has 1 aliphatic rings. The average molecular weight is 742 g/mol. The van der Waals surface area contributed by atoms with Crippen LogP contribution in [0, 0.1) is 13.8 Å². The van der Waals surface area contributed by atoms with Crippen LogP contribution in [0.2, 0.25) is 0 Å². The Labute approximate surface area is 320 Å². The fourth-order valence-corrected chi connectivity index (χ4v) is 6.50. The normalized spacial score (nSPS) is 17.5. The molecule has 0 bridgehead atoms.